The van der Waals surface area contributed by atoms with Crippen molar-refractivity contribution in [3.63, 3.8) is 0 Å². The first kappa shape index (κ1) is 16.6. The largest absolute Gasteiger partial charge is 0.496 e. The van der Waals surface area contributed by atoms with Crippen LogP contribution in [0.1, 0.15) is 47.7 Å². The molecule has 24 heavy (non-hydrogen) atoms. The summed E-state index contributed by atoms with van der Waals surface area (Å²) in [5, 5.41) is 0. The SMILES string of the molecule is COc1ccc(C(C)C)cc1C(=O)CN1CCCc2ccccc21. The van der Waals surface area contributed by atoms with Gasteiger partial charge in [0.25, 0.3) is 0 Å². The zero-order valence-electron chi connectivity index (χ0n) is 14.7. The first-order chi connectivity index (χ1) is 11.6. The highest BCUT2D eigenvalue weighted by Crippen LogP contribution is 2.29. The Labute approximate surface area is 144 Å². The number of Topliss-reactive ketones (excluding diaryl/α,β-unsaturated/α-hetero) is 1. The van der Waals surface area contributed by atoms with E-state index < -0.39 is 0 Å². The Kier molecular flexibility index (Phi) is 4.89. The quantitative estimate of drug-likeness (QED) is 0.761. The van der Waals surface area contributed by atoms with Gasteiger partial charge in [0.15, 0.2) is 5.78 Å². The molecule has 2 aromatic rings. The van der Waals surface area contributed by atoms with Gasteiger partial charge in [-0.1, -0.05) is 38.1 Å². The number of anilines is 1. The lowest BCUT2D eigenvalue weighted by Crippen LogP contribution is -2.34. The minimum absolute atomic E-state index is 0.117. The van der Waals surface area contributed by atoms with E-state index in [9.17, 15) is 4.79 Å². The van der Waals surface area contributed by atoms with E-state index in [-0.39, 0.29) is 5.78 Å². The van der Waals surface area contributed by atoms with Crippen molar-refractivity contribution >= 4 is 11.5 Å². The van der Waals surface area contributed by atoms with Crippen LogP contribution in [0, 0.1) is 0 Å². The molecule has 3 rings (SSSR count). The van der Waals surface area contributed by atoms with Crippen molar-refractivity contribution in [2.75, 3.05) is 25.1 Å². The van der Waals surface area contributed by atoms with Crippen molar-refractivity contribution in [2.24, 2.45) is 0 Å². The molecule has 0 saturated heterocycles. The van der Waals surface area contributed by atoms with E-state index in [1.54, 1.807) is 7.11 Å². The lowest BCUT2D eigenvalue weighted by molar-refractivity contribution is 0.0995. The van der Waals surface area contributed by atoms with Gasteiger partial charge in [-0.15, -0.1) is 0 Å². The Morgan fingerprint density at radius 2 is 2.00 bits per heavy atom. The monoisotopic (exact) mass is 323 g/mol. The number of hydrogen-bond donors (Lipinski definition) is 0. The van der Waals surface area contributed by atoms with Crippen molar-refractivity contribution < 1.29 is 9.53 Å². The molecule has 126 valence electrons. The van der Waals surface area contributed by atoms with Gasteiger partial charge in [0.05, 0.1) is 19.2 Å². The highest BCUT2D eigenvalue weighted by atomic mass is 16.5. The molecule has 2 aromatic carbocycles. The third-order valence-corrected chi connectivity index (χ3v) is 4.73. The molecule has 1 aliphatic rings. The molecule has 0 saturated carbocycles. The highest BCUT2D eigenvalue weighted by molar-refractivity contribution is 6.02. The van der Waals surface area contributed by atoms with Crippen LogP contribution in [-0.2, 0) is 6.42 Å². The van der Waals surface area contributed by atoms with Crippen LogP contribution < -0.4 is 9.64 Å². The molecule has 0 spiro atoms. The van der Waals surface area contributed by atoms with Crippen molar-refractivity contribution in [3.05, 3.63) is 59.2 Å². The number of benzene rings is 2. The zero-order valence-corrected chi connectivity index (χ0v) is 14.7. The predicted octanol–water partition coefficient (Wildman–Crippen LogP) is 4.45. The Balaban J connectivity index is 1.87. The molecule has 0 N–H and O–H groups in total. The zero-order chi connectivity index (χ0) is 17.1. The Hall–Kier alpha value is -2.29. The standard InChI is InChI=1S/C21H25NO2/c1-15(2)17-10-11-21(24-3)18(13-17)20(23)14-22-12-6-8-16-7-4-5-9-19(16)22/h4-5,7,9-11,13,15H,6,8,12,14H2,1-3H3. The second kappa shape index (κ2) is 7.08. The number of aryl methyl sites for hydroxylation is 1. The number of ketones is 1. The number of hydrogen-bond acceptors (Lipinski definition) is 3. The second-order valence-electron chi connectivity index (χ2n) is 6.69. The Morgan fingerprint density at radius 3 is 2.75 bits per heavy atom. The normalized spacial score (nSPS) is 13.8. The second-order valence-corrected chi connectivity index (χ2v) is 6.69. The molecule has 3 heteroatoms. The molecule has 0 unspecified atom stereocenters. The van der Waals surface area contributed by atoms with E-state index in [0.717, 1.165) is 24.9 Å². The van der Waals surface area contributed by atoms with Gasteiger partial charge in [-0.3, -0.25) is 4.79 Å². The lowest BCUT2D eigenvalue weighted by Gasteiger charge is -2.30. The predicted molar refractivity (Wildman–Crippen MR) is 98.4 cm³/mol. The topological polar surface area (TPSA) is 29.5 Å². The molecule has 0 amide bonds. The number of ether oxygens (including phenoxy) is 1. The van der Waals surface area contributed by atoms with Gasteiger partial charge in [0.2, 0.25) is 0 Å². The van der Waals surface area contributed by atoms with Gasteiger partial charge in [-0.2, -0.15) is 0 Å². The van der Waals surface area contributed by atoms with Crippen LogP contribution in [0.4, 0.5) is 5.69 Å². The molecule has 3 nitrogen and oxygen atoms in total. The van der Waals surface area contributed by atoms with E-state index in [4.69, 9.17) is 4.74 Å². The minimum atomic E-state index is 0.117. The van der Waals surface area contributed by atoms with Crippen LogP contribution in [0.3, 0.4) is 0 Å². The minimum Gasteiger partial charge on any atom is -0.496 e. The maximum absolute atomic E-state index is 13.0. The summed E-state index contributed by atoms with van der Waals surface area (Å²) in [4.78, 5) is 15.2. The van der Waals surface area contributed by atoms with Crippen molar-refractivity contribution in [1.29, 1.82) is 0 Å². The summed E-state index contributed by atoms with van der Waals surface area (Å²) < 4.78 is 5.42. The maximum Gasteiger partial charge on any atom is 0.185 e. The van der Waals surface area contributed by atoms with Crippen molar-refractivity contribution in [3.8, 4) is 5.75 Å². The highest BCUT2D eigenvalue weighted by Gasteiger charge is 2.21. The molecule has 0 fully saturated rings. The first-order valence-electron chi connectivity index (χ1n) is 8.64. The summed E-state index contributed by atoms with van der Waals surface area (Å²) >= 11 is 0. The summed E-state index contributed by atoms with van der Waals surface area (Å²) in [6.07, 6.45) is 2.18. The van der Waals surface area contributed by atoms with Crippen LogP contribution in [0.15, 0.2) is 42.5 Å². The fourth-order valence-corrected chi connectivity index (χ4v) is 3.34. The van der Waals surface area contributed by atoms with E-state index >= 15 is 0 Å². The van der Waals surface area contributed by atoms with Gasteiger partial charge in [0, 0.05) is 12.2 Å². The third-order valence-electron chi connectivity index (χ3n) is 4.73. The average Bonchev–Trinajstić information content (AvgIpc) is 2.61. The van der Waals surface area contributed by atoms with Crippen LogP contribution in [0.2, 0.25) is 0 Å². The van der Waals surface area contributed by atoms with E-state index in [0.29, 0.717) is 23.8 Å². The number of nitrogens with zero attached hydrogens (tertiary/aromatic N) is 1. The third kappa shape index (κ3) is 3.30. The van der Waals surface area contributed by atoms with Gasteiger partial charge in [0.1, 0.15) is 5.75 Å². The Bertz CT molecular complexity index is 736. The summed E-state index contributed by atoms with van der Waals surface area (Å²) in [6.45, 7) is 5.59. The summed E-state index contributed by atoms with van der Waals surface area (Å²) in [7, 11) is 1.62. The molecule has 0 bridgehead atoms. The number of rotatable bonds is 5. The first-order valence-corrected chi connectivity index (χ1v) is 8.64. The molecule has 1 heterocycles. The van der Waals surface area contributed by atoms with E-state index in [1.807, 2.05) is 24.3 Å². The molecule has 0 atom stereocenters. The molecule has 0 radical (unpaired) electrons. The van der Waals surface area contributed by atoms with Gasteiger partial charge < -0.3 is 9.64 Å². The smallest absolute Gasteiger partial charge is 0.185 e. The number of methoxy groups -OCH3 is 1. The van der Waals surface area contributed by atoms with E-state index in [1.165, 1.54) is 11.3 Å². The van der Waals surface area contributed by atoms with E-state index in [2.05, 4.69) is 36.9 Å². The maximum atomic E-state index is 13.0. The molecule has 0 aromatic heterocycles. The molecular weight excluding hydrogens is 298 g/mol. The summed E-state index contributed by atoms with van der Waals surface area (Å²) in [5.41, 5.74) is 4.38. The van der Waals surface area contributed by atoms with Gasteiger partial charge in [-0.05, 0) is 48.1 Å². The van der Waals surface area contributed by atoms with Gasteiger partial charge in [-0.25, -0.2) is 0 Å². The average molecular weight is 323 g/mol. The fraction of sp³-hybridized carbons (Fsp3) is 0.381. The number of para-hydroxylation sites is 1. The number of carbonyl (C=O) groups excluding carboxylic acids is 1. The van der Waals surface area contributed by atoms with Gasteiger partial charge >= 0.3 is 0 Å². The molecule has 1 aliphatic heterocycles. The number of carbonyl (C=O) groups is 1. The van der Waals surface area contributed by atoms with Crippen LogP contribution >= 0.6 is 0 Å². The molecular formula is C21H25NO2. The van der Waals surface area contributed by atoms with Crippen molar-refractivity contribution in [1.82, 2.24) is 0 Å². The van der Waals surface area contributed by atoms with Crippen LogP contribution in [0.5, 0.6) is 5.75 Å². The number of fused-ring (bicyclic) bond motifs is 1. The van der Waals surface area contributed by atoms with Crippen molar-refractivity contribution in [2.45, 2.75) is 32.6 Å². The summed E-state index contributed by atoms with van der Waals surface area (Å²) in [5.74, 6) is 1.17. The summed E-state index contributed by atoms with van der Waals surface area (Å²) in [6, 6.07) is 14.3. The fourth-order valence-electron chi connectivity index (χ4n) is 3.34. The molecule has 0 aliphatic carbocycles. The van der Waals surface area contributed by atoms with Crippen LogP contribution in [0.25, 0.3) is 0 Å². The lowest BCUT2D eigenvalue weighted by atomic mass is 9.97. The van der Waals surface area contributed by atoms with Crippen LogP contribution in [-0.4, -0.2) is 26.0 Å². The Morgan fingerprint density at radius 1 is 1.21 bits per heavy atom.